The van der Waals surface area contributed by atoms with Gasteiger partial charge in [0.2, 0.25) is 0 Å². The number of likely N-dealkylation sites (tertiary alicyclic amines) is 1. The Kier molecular flexibility index (Phi) is 9.44. The number of pyridine rings is 1. The molecule has 0 aromatic carbocycles. The summed E-state index contributed by atoms with van der Waals surface area (Å²) in [5, 5.41) is 11.6. The number of hydrogen-bond donors (Lipinski definition) is 2. The van der Waals surface area contributed by atoms with Crippen LogP contribution in [0.4, 0.5) is 10.8 Å². The number of piperidine rings is 1. The van der Waals surface area contributed by atoms with Gasteiger partial charge in [0.15, 0.2) is 11.5 Å². The molecule has 0 bridgehead atoms. The number of hydrogen-bond acceptors (Lipinski definition) is 10. The van der Waals surface area contributed by atoms with Crippen molar-refractivity contribution in [1.29, 1.82) is 0 Å². The van der Waals surface area contributed by atoms with Crippen LogP contribution in [0.5, 0.6) is 0 Å². The Labute approximate surface area is 243 Å². The molecule has 1 aliphatic rings. The molecule has 0 radical (unpaired) electrons. The molecule has 5 aromatic rings. The Morgan fingerprint density at radius 1 is 1.17 bits per heavy atom. The molecule has 6 rings (SSSR count). The molecule has 2 N–H and O–H groups in total. The lowest BCUT2D eigenvalue weighted by molar-refractivity contribution is -0.108. The van der Waals surface area contributed by atoms with E-state index in [4.69, 9.17) is 0 Å². The standard InChI is InChI=1S/C22H26N8OS.C7H10N2/c1-15-4-3-5-28(11-15)14-18-8-20(32-27-18)26-21-22-23-10-19(30(22)12-16(2)25-21)17-9-24-29(13-17)6-7-31;1-8-6-7-4-2-3-5-9-7/h7-10,12-13,15H,3-6,11,14H2,1-2H3,(H,25,26);2-5,8H,6H2,1H3. The van der Waals surface area contributed by atoms with Crippen molar-refractivity contribution in [1.82, 2.24) is 43.7 Å². The molecule has 1 unspecified atom stereocenters. The SMILES string of the molecule is CNCc1ccccn1.Cc1cn2c(-c3cnn(CC=O)c3)cnc2c(Nc2cc(CN3CCCC(C)C3)ns2)n1. The molecule has 12 heteroatoms. The fraction of sp³-hybridized carbons (Fsp3) is 0.379. The Balaban J connectivity index is 0.000000321. The number of rotatable bonds is 9. The van der Waals surface area contributed by atoms with Crippen molar-refractivity contribution < 1.29 is 4.79 Å². The Morgan fingerprint density at radius 2 is 2.07 bits per heavy atom. The fourth-order valence-corrected chi connectivity index (χ4v) is 5.64. The first-order valence-electron chi connectivity index (χ1n) is 13.8. The van der Waals surface area contributed by atoms with Crippen LogP contribution >= 0.6 is 11.5 Å². The van der Waals surface area contributed by atoms with E-state index in [1.807, 2.05) is 49.0 Å². The van der Waals surface area contributed by atoms with Crippen LogP contribution in [0.1, 0.15) is 36.8 Å². The van der Waals surface area contributed by atoms with Crippen LogP contribution in [-0.2, 0) is 24.4 Å². The van der Waals surface area contributed by atoms with Gasteiger partial charge in [-0.1, -0.05) is 13.0 Å². The van der Waals surface area contributed by atoms with Crippen LogP contribution in [-0.4, -0.2) is 64.8 Å². The highest BCUT2D eigenvalue weighted by molar-refractivity contribution is 7.10. The number of aryl methyl sites for hydroxylation is 1. The van der Waals surface area contributed by atoms with E-state index in [-0.39, 0.29) is 6.54 Å². The van der Waals surface area contributed by atoms with E-state index in [9.17, 15) is 4.79 Å². The minimum atomic E-state index is 0.230. The number of anilines is 2. The minimum Gasteiger partial charge on any atom is -0.328 e. The average molecular weight is 573 g/mol. The second-order valence-electron chi connectivity index (χ2n) is 10.3. The molecular weight excluding hydrogens is 536 g/mol. The Morgan fingerprint density at radius 3 is 2.85 bits per heavy atom. The maximum Gasteiger partial charge on any atom is 0.180 e. The van der Waals surface area contributed by atoms with Crippen LogP contribution in [0.3, 0.4) is 0 Å². The highest BCUT2D eigenvalue weighted by Gasteiger charge is 2.18. The van der Waals surface area contributed by atoms with E-state index in [1.54, 1.807) is 23.3 Å². The topological polar surface area (TPSA) is 118 Å². The van der Waals surface area contributed by atoms with E-state index in [2.05, 4.69) is 52.9 Å². The Bertz CT molecular complexity index is 1560. The van der Waals surface area contributed by atoms with Crippen LogP contribution in [0.15, 0.2) is 55.2 Å². The van der Waals surface area contributed by atoms with Crippen molar-refractivity contribution >= 4 is 34.3 Å². The quantitative estimate of drug-likeness (QED) is 0.249. The third-order valence-electron chi connectivity index (χ3n) is 6.81. The lowest BCUT2D eigenvalue weighted by Crippen LogP contribution is -2.33. The zero-order chi connectivity index (χ0) is 28.6. The van der Waals surface area contributed by atoms with E-state index < -0.39 is 0 Å². The second-order valence-corrected chi connectivity index (χ2v) is 11.1. The van der Waals surface area contributed by atoms with E-state index in [1.165, 1.54) is 24.4 Å². The van der Waals surface area contributed by atoms with E-state index >= 15 is 0 Å². The van der Waals surface area contributed by atoms with Gasteiger partial charge in [0.25, 0.3) is 0 Å². The van der Waals surface area contributed by atoms with Gasteiger partial charge in [0, 0.05) is 43.8 Å². The van der Waals surface area contributed by atoms with Crippen molar-refractivity contribution in [3.05, 3.63) is 72.3 Å². The lowest BCUT2D eigenvalue weighted by Gasteiger charge is -2.30. The van der Waals surface area contributed by atoms with Crippen LogP contribution in [0, 0.1) is 12.8 Å². The van der Waals surface area contributed by atoms with Crippen molar-refractivity contribution in [2.75, 3.05) is 25.5 Å². The summed E-state index contributed by atoms with van der Waals surface area (Å²) < 4.78 is 8.26. The number of nitrogens with one attached hydrogen (secondary N) is 2. The summed E-state index contributed by atoms with van der Waals surface area (Å²) in [5.74, 6) is 1.45. The highest BCUT2D eigenvalue weighted by Crippen LogP contribution is 2.28. The number of carbonyl (C=O) groups excluding carboxylic acids is 1. The molecule has 41 heavy (non-hydrogen) atoms. The highest BCUT2D eigenvalue weighted by atomic mass is 32.1. The predicted octanol–water partition coefficient (Wildman–Crippen LogP) is 4.33. The van der Waals surface area contributed by atoms with Gasteiger partial charge in [-0.15, -0.1) is 0 Å². The number of fused-ring (bicyclic) bond motifs is 1. The first-order valence-corrected chi connectivity index (χ1v) is 14.6. The normalized spacial score (nSPS) is 15.4. The maximum atomic E-state index is 10.8. The van der Waals surface area contributed by atoms with Gasteiger partial charge in [0.1, 0.15) is 11.3 Å². The summed E-state index contributed by atoms with van der Waals surface area (Å²) in [4.78, 5) is 26.6. The van der Waals surface area contributed by atoms with Crippen molar-refractivity contribution in [2.45, 2.75) is 46.3 Å². The summed E-state index contributed by atoms with van der Waals surface area (Å²) in [6, 6.07) is 8.01. The lowest BCUT2D eigenvalue weighted by atomic mass is 10.0. The van der Waals surface area contributed by atoms with Crippen molar-refractivity contribution in [3.8, 4) is 11.3 Å². The number of aldehydes is 1. The first-order chi connectivity index (χ1) is 20.0. The molecular formula is C29H36N10OS. The van der Waals surface area contributed by atoms with Crippen LogP contribution in [0.2, 0.25) is 0 Å². The number of carbonyl (C=O) groups is 1. The summed E-state index contributed by atoms with van der Waals surface area (Å²) in [6.07, 6.45) is 12.6. The summed E-state index contributed by atoms with van der Waals surface area (Å²) >= 11 is 1.45. The fourth-order valence-electron chi connectivity index (χ4n) is 4.98. The Hall–Kier alpha value is -4.00. The van der Waals surface area contributed by atoms with E-state index in [0.717, 1.165) is 77.4 Å². The molecule has 0 spiro atoms. The van der Waals surface area contributed by atoms with Gasteiger partial charge >= 0.3 is 0 Å². The molecule has 1 atom stereocenters. The molecule has 11 nitrogen and oxygen atoms in total. The molecule has 0 aliphatic carbocycles. The average Bonchev–Trinajstić information content (AvgIpc) is 3.70. The smallest absolute Gasteiger partial charge is 0.180 e. The molecule has 214 valence electrons. The first kappa shape index (κ1) is 28.5. The molecule has 6 heterocycles. The molecule has 0 amide bonds. The molecule has 0 saturated carbocycles. The van der Waals surface area contributed by atoms with Crippen LogP contribution in [0.25, 0.3) is 16.9 Å². The van der Waals surface area contributed by atoms with Gasteiger partial charge in [-0.05, 0) is 69.0 Å². The molecule has 1 saturated heterocycles. The monoisotopic (exact) mass is 572 g/mol. The third kappa shape index (κ3) is 7.40. The van der Waals surface area contributed by atoms with Crippen molar-refractivity contribution in [3.63, 3.8) is 0 Å². The van der Waals surface area contributed by atoms with Gasteiger partial charge < -0.3 is 15.4 Å². The second kappa shape index (κ2) is 13.6. The predicted molar refractivity (Wildman–Crippen MR) is 161 cm³/mol. The van der Waals surface area contributed by atoms with E-state index in [0.29, 0.717) is 5.82 Å². The summed E-state index contributed by atoms with van der Waals surface area (Å²) in [5.41, 5.74) is 5.56. The zero-order valence-electron chi connectivity index (χ0n) is 23.7. The zero-order valence-corrected chi connectivity index (χ0v) is 24.5. The van der Waals surface area contributed by atoms with Gasteiger partial charge in [-0.2, -0.15) is 9.47 Å². The van der Waals surface area contributed by atoms with Crippen LogP contribution < -0.4 is 10.6 Å². The minimum absolute atomic E-state index is 0.230. The van der Waals surface area contributed by atoms with Gasteiger partial charge in [0.05, 0.1) is 41.7 Å². The van der Waals surface area contributed by atoms with Gasteiger partial charge in [-0.3, -0.25) is 19.0 Å². The molecule has 1 aliphatic heterocycles. The maximum absolute atomic E-state index is 10.8. The summed E-state index contributed by atoms with van der Waals surface area (Å²) in [6.45, 7) is 8.53. The molecule has 1 fully saturated rings. The van der Waals surface area contributed by atoms with Gasteiger partial charge in [-0.25, -0.2) is 9.97 Å². The summed E-state index contributed by atoms with van der Waals surface area (Å²) in [7, 11) is 1.91. The van der Waals surface area contributed by atoms with Crippen molar-refractivity contribution in [2.24, 2.45) is 5.92 Å². The molecule has 5 aromatic heterocycles. The number of aromatic nitrogens is 7. The number of imidazole rings is 1. The number of nitrogens with zero attached hydrogens (tertiary/aromatic N) is 8. The third-order valence-corrected chi connectivity index (χ3v) is 7.56. The largest absolute Gasteiger partial charge is 0.328 e.